The van der Waals surface area contributed by atoms with E-state index in [1.807, 2.05) is 6.92 Å². The zero-order chi connectivity index (χ0) is 12.8. The molecule has 0 aliphatic rings. The van der Waals surface area contributed by atoms with E-state index in [-0.39, 0.29) is 12.4 Å². The molecule has 0 heterocycles. The lowest BCUT2D eigenvalue weighted by molar-refractivity contribution is 0.0151. The molecule has 1 aromatic carbocycles. The van der Waals surface area contributed by atoms with Gasteiger partial charge in [-0.3, -0.25) is 0 Å². The lowest BCUT2D eigenvalue weighted by Gasteiger charge is -2.13. The van der Waals surface area contributed by atoms with E-state index < -0.39 is 19.1 Å². The third kappa shape index (κ3) is 4.75. The van der Waals surface area contributed by atoms with E-state index in [1.165, 1.54) is 6.07 Å². The standard InChI is InChI=1S/C12H16F3NO/c1-8-2-3-10(13)9(6-8)11(16)4-5-17-7-12(14)15/h2-3,6,11-12H,4-5,7,16H2,1H3. The van der Waals surface area contributed by atoms with Crippen molar-refractivity contribution in [3.63, 3.8) is 0 Å². The van der Waals surface area contributed by atoms with Gasteiger partial charge in [0.05, 0.1) is 0 Å². The summed E-state index contributed by atoms with van der Waals surface area (Å²) in [7, 11) is 0. The molecule has 1 unspecified atom stereocenters. The van der Waals surface area contributed by atoms with Crippen molar-refractivity contribution in [3.05, 3.63) is 35.1 Å². The third-order valence-corrected chi connectivity index (χ3v) is 2.37. The van der Waals surface area contributed by atoms with Crippen molar-refractivity contribution in [1.82, 2.24) is 0 Å². The Balaban J connectivity index is 2.46. The summed E-state index contributed by atoms with van der Waals surface area (Å²) in [4.78, 5) is 0. The Kier molecular flexibility index (Phi) is 5.44. The van der Waals surface area contributed by atoms with Crippen LogP contribution in [0.15, 0.2) is 18.2 Å². The normalized spacial score (nSPS) is 13.1. The van der Waals surface area contributed by atoms with Gasteiger partial charge in [-0.05, 0) is 19.4 Å². The predicted molar refractivity (Wildman–Crippen MR) is 59.5 cm³/mol. The maximum Gasteiger partial charge on any atom is 0.261 e. The molecule has 2 nitrogen and oxygen atoms in total. The maximum atomic E-state index is 13.4. The van der Waals surface area contributed by atoms with Crippen LogP contribution in [0.4, 0.5) is 13.2 Å². The second-order valence-corrected chi connectivity index (χ2v) is 3.89. The van der Waals surface area contributed by atoms with E-state index in [9.17, 15) is 13.2 Å². The van der Waals surface area contributed by atoms with Crippen LogP contribution >= 0.6 is 0 Å². The fourth-order valence-corrected chi connectivity index (χ4v) is 1.49. The third-order valence-electron chi connectivity index (χ3n) is 2.37. The first-order chi connectivity index (χ1) is 8.00. The summed E-state index contributed by atoms with van der Waals surface area (Å²) >= 11 is 0. The molecule has 0 saturated heterocycles. The smallest absolute Gasteiger partial charge is 0.261 e. The van der Waals surface area contributed by atoms with E-state index >= 15 is 0 Å². The minimum Gasteiger partial charge on any atom is -0.375 e. The average molecular weight is 247 g/mol. The van der Waals surface area contributed by atoms with E-state index in [0.717, 1.165) is 5.56 Å². The molecule has 0 spiro atoms. The number of alkyl halides is 2. The maximum absolute atomic E-state index is 13.4. The molecular weight excluding hydrogens is 231 g/mol. The Hall–Kier alpha value is -1.07. The van der Waals surface area contributed by atoms with Gasteiger partial charge in [0.25, 0.3) is 6.43 Å². The van der Waals surface area contributed by atoms with Crippen molar-refractivity contribution < 1.29 is 17.9 Å². The second-order valence-electron chi connectivity index (χ2n) is 3.89. The second kappa shape index (κ2) is 6.61. The number of benzene rings is 1. The summed E-state index contributed by atoms with van der Waals surface area (Å²) in [6, 6.07) is 4.13. The van der Waals surface area contributed by atoms with Gasteiger partial charge >= 0.3 is 0 Å². The van der Waals surface area contributed by atoms with Crippen LogP contribution in [0, 0.1) is 12.7 Å². The summed E-state index contributed by atoms with van der Waals surface area (Å²) in [6.45, 7) is 1.32. The van der Waals surface area contributed by atoms with Crippen LogP contribution < -0.4 is 5.73 Å². The van der Waals surface area contributed by atoms with Crippen LogP contribution in [-0.2, 0) is 4.74 Å². The van der Waals surface area contributed by atoms with Crippen LogP contribution in [0.3, 0.4) is 0 Å². The number of aryl methyl sites for hydroxylation is 1. The molecule has 1 rings (SSSR count). The Bertz CT molecular complexity index is 358. The highest BCUT2D eigenvalue weighted by Gasteiger charge is 2.12. The van der Waals surface area contributed by atoms with Crippen molar-refractivity contribution in [2.45, 2.75) is 25.8 Å². The number of rotatable bonds is 6. The van der Waals surface area contributed by atoms with Crippen LogP contribution in [-0.4, -0.2) is 19.6 Å². The molecule has 1 aromatic rings. The molecule has 0 aromatic heterocycles. The topological polar surface area (TPSA) is 35.2 Å². The number of hydrogen-bond donors (Lipinski definition) is 1. The molecule has 0 aliphatic carbocycles. The fourth-order valence-electron chi connectivity index (χ4n) is 1.49. The lowest BCUT2D eigenvalue weighted by atomic mass is 10.0. The summed E-state index contributed by atoms with van der Waals surface area (Å²) in [5, 5.41) is 0. The van der Waals surface area contributed by atoms with E-state index in [4.69, 9.17) is 10.5 Å². The summed E-state index contributed by atoms with van der Waals surface area (Å²) in [5.74, 6) is -0.378. The molecule has 5 heteroatoms. The van der Waals surface area contributed by atoms with Crippen LogP contribution in [0.2, 0.25) is 0 Å². The molecule has 96 valence electrons. The minimum atomic E-state index is -2.48. The van der Waals surface area contributed by atoms with Crippen LogP contribution in [0.5, 0.6) is 0 Å². The minimum absolute atomic E-state index is 0.0961. The molecule has 2 N–H and O–H groups in total. The van der Waals surface area contributed by atoms with Crippen molar-refractivity contribution in [1.29, 1.82) is 0 Å². The Morgan fingerprint density at radius 3 is 2.71 bits per heavy atom. The summed E-state index contributed by atoms with van der Waals surface area (Å²) in [5.41, 5.74) is 7.08. The highest BCUT2D eigenvalue weighted by atomic mass is 19.3. The monoisotopic (exact) mass is 247 g/mol. The Morgan fingerprint density at radius 1 is 1.35 bits per heavy atom. The molecule has 0 saturated carbocycles. The molecular formula is C12H16F3NO. The van der Waals surface area contributed by atoms with E-state index in [1.54, 1.807) is 12.1 Å². The average Bonchev–Trinajstić information content (AvgIpc) is 2.27. The highest BCUT2D eigenvalue weighted by molar-refractivity contribution is 5.26. The van der Waals surface area contributed by atoms with Gasteiger partial charge in [-0.15, -0.1) is 0 Å². The number of hydrogen-bond acceptors (Lipinski definition) is 2. The van der Waals surface area contributed by atoms with Gasteiger partial charge in [0.15, 0.2) is 0 Å². The molecule has 0 aliphatic heterocycles. The van der Waals surface area contributed by atoms with Crippen molar-refractivity contribution in [3.8, 4) is 0 Å². The largest absolute Gasteiger partial charge is 0.375 e. The van der Waals surface area contributed by atoms with Crippen LogP contribution in [0.1, 0.15) is 23.6 Å². The molecule has 1 atom stereocenters. The quantitative estimate of drug-likeness (QED) is 0.784. The van der Waals surface area contributed by atoms with Crippen molar-refractivity contribution in [2.24, 2.45) is 5.73 Å². The summed E-state index contributed by atoms with van der Waals surface area (Å²) in [6.07, 6.45) is -2.17. The van der Waals surface area contributed by atoms with Gasteiger partial charge in [-0.25, -0.2) is 13.2 Å². The van der Waals surface area contributed by atoms with Gasteiger partial charge in [-0.2, -0.15) is 0 Å². The molecule has 0 fully saturated rings. The first kappa shape index (κ1) is 14.0. The Labute approximate surface area is 98.6 Å². The van der Waals surface area contributed by atoms with Crippen LogP contribution in [0.25, 0.3) is 0 Å². The predicted octanol–water partition coefficient (Wildman–Crippen LogP) is 2.81. The first-order valence-electron chi connectivity index (χ1n) is 5.38. The molecule has 17 heavy (non-hydrogen) atoms. The van der Waals surface area contributed by atoms with Gasteiger partial charge < -0.3 is 10.5 Å². The molecule has 0 radical (unpaired) electrons. The SMILES string of the molecule is Cc1ccc(F)c(C(N)CCOCC(F)F)c1. The van der Waals surface area contributed by atoms with E-state index in [2.05, 4.69) is 0 Å². The molecule has 0 amide bonds. The zero-order valence-electron chi connectivity index (χ0n) is 9.63. The highest BCUT2D eigenvalue weighted by Crippen LogP contribution is 2.19. The number of halogens is 3. The zero-order valence-corrected chi connectivity index (χ0v) is 9.63. The van der Waals surface area contributed by atoms with Gasteiger partial charge in [0, 0.05) is 18.2 Å². The number of nitrogens with two attached hydrogens (primary N) is 1. The van der Waals surface area contributed by atoms with Gasteiger partial charge in [0.2, 0.25) is 0 Å². The van der Waals surface area contributed by atoms with Gasteiger partial charge in [-0.1, -0.05) is 17.7 Å². The fraction of sp³-hybridized carbons (Fsp3) is 0.500. The lowest BCUT2D eigenvalue weighted by Crippen LogP contribution is -2.16. The Morgan fingerprint density at radius 2 is 2.06 bits per heavy atom. The van der Waals surface area contributed by atoms with E-state index in [0.29, 0.717) is 12.0 Å². The van der Waals surface area contributed by atoms with Gasteiger partial charge in [0.1, 0.15) is 12.4 Å². The van der Waals surface area contributed by atoms with Crippen molar-refractivity contribution >= 4 is 0 Å². The molecule has 0 bridgehead atoms. The first-order valence-corrected chi connectivity index (χ1v) is 5.38. The number of ether oxygens (including phenoxy) is 1. The summed E-state index contributed by atoms with van der Waals surface area (Å²) < 4.78 is 41.7. The van der Waals surface area contributed by atoms with Crippen molar-refractivity contribution in [2.75, 3.05) is 13.2 Å².